The number of rotatable bonds is 25. The van der Waals surface area contributed by atoms with E-state index in [4.69, 9.17) is 28.8 Å². The first-order chi connectivity index (χ1) is 30.8. The van der Waals surface area contributed by atoms with E-state index >= 15 is 0 Å². The molecule has 0 aliphatic carbocycles. The number of unbranched alkanes of at least 4 members (excludes halogenated alkanes) is 8. The number of carboxylic acids is 2. The van der Waals surface area contributed by atoms with Gasteiger partial charge in [0.05, 0.1) is 6.42 Å². The molecule has 65 heavy (non-hydrogen) atoms. The lowest BCUT2D eigenvalue weighted by molar-refractivity contribution is -0.235. The number of esters is 2. The van der Waals surface area contributed by atoms with Crippen molar-refractivity contribution in [3.63, 3.8) is 0 Å². The molecule has 1 aromatic rings. The van der Waals surface area contributed by atoms with Crippen LogP contribution in [0.5, 0.6) is 0 Å². The highest BCUT2D eigenvalue weighted by Gasteiger charge is 2.57. The highest BCUT2D eigenvalue weighted by Crippen LogP contribution is 2.36. The average molecular weight is 930 g/mol. The Morgan fingerprint density at radius 1 is 0.862 bits per heavy atom. The van der Waals surface area contributed by atoms with Gasteiger partial charge < -0.3 is 59.2 Å². The summed E-state index contributed by atoms with van der Waals surface area (Å²) in [6.45, 7) is 3.24. The fraction of sp³-hybridized carbons (Fsp3) is 0.786. The minimum atomic E-state index is -1.94. The molecule has 23 nitrogen and oxygen atoms in total. The Labute approximate surface area is 375 Å². The van der Waals surface area contributed by atoms with Crippen LogP contribution in [0.25, 0.3) is 0 Å². The van der Waals surface area contributed by atoms with Crippen molar-refractivity contribution in [2.75, 3.05) is 27.7 Å². The zero-order chi connectivity index (χ0) is 48.1. The predicted molar refractivity (Wildman–Crippen MR) is 225 cm³/mol. The van der Waals surface area contributed by atoms with Crippen LogP contribution >= 0.6 is 0 Å². The van der Waals surface area contributed by atoms with Gasteiger partial charge in [0.15, 0.2) is 18.6 Å². The van der Waals surface area contributed by atoms with Crippen LogP contribution in [0.3, 0.4) is 0 Å². The first kappa shape index (κ1) is 53.3. The van der Waals surface area contributed by atoms with Crippen LogP contribution in [0.1, 0.15) is 104 Å². The van der Waals surface area contributed by atoms with E-state index in [9.17, 15) is 59.1 Å². The van der Waals surface area contributed by atoms with Crippen LogP contribution in [0.4, 0.5) is 0 Å². The van der Waals surface area contributed by atoms with E-state index in [0.29, 0.717) is 6.42 Å². The molecule has 0 spiro atoms. The Bertz CT molecular complexity index is 1860. The molecule has 4 rings (SSSR count). The van der Waals surface area contributed by atoms with Gasteiger partial charge in [-0.2, -0.15) is 0 Å². The third-order valence-electron chi connectivity index (χ3n) is 12.0. The van der Waals surface area contributed by atoms with Crippen LogP contribution in [-0.2, 0) is 47.7 Å². The summed E-state index contributed by atoms with van der Waals surface area (Å²) >= 11 is 0. The van der Waals surface area contributed by atoms with E-state index in [1.807, 2.05) is 4.98 Å². The van der Waals surface area contributed by atoms with Gasteiger partial charge in [0, 0.05) is 38.7 Å². The number of aromatic nitrogens is 2. The van der Waals surface area contributed by atoms with Gasteiger partial charge in [0.25, 0.3) is 5.56 Å². The molecule has 368 valence electrons. The number of carbonyl (C=O) groups excluding carboxylic acids is 3. The van der Waals surface area contributed by atoms with Gasteiger partial charge in [-0.05, 0) is 32.9 Å². The highest BCUT2D eigenvalue weighted by molar-refractivity contribution is 5.88. The van der Waals surface area contributed by atoms with Gasteiger partial charge in [-0.1, -0.05) is 65.2 Å². The van der Waals surface area contributed by atoms with Crippen molar-refractivity contribution >= 4 is 29.8 Å². The van der Waals surface area contributed by atoms with Gasteiger partial charge >= 0.3 is 29.6 Å². The normalized spacial score (nSPS) is 29.8. The number of ether oxygens (including phenoxy) is 5. The van der Waals surface area contributed by atoms with Crippen molar-refractivity contribution in [1.82, 2.24) is 24.7 Å². The quantitative estimate of drug-likeness (QED) is 0.0432. The molecule has 1 aromatic heterocycles. The number of likely N-dealkylation sites (N-methyl/N-ethyl adjacent to an activating group) is 3. The molecule has 14 unspecified atom stereocenters. The van der Waals surface area contributed by atoms with Crippen molar-refractivity contribution in [2.24, 2.45) is 5.92 Å². The molecule has 4 heterocycles. The molecule has 0 saturated carbocycles. The summed E-state index contributed by atoms with van der Waals surface area (Å²) < 4.78 is 30.0. The molecule has 3 aliphatic rings. The third-order valence-corrected chi connectivity index (χ3v) is 12.0. The van der Waals surface area contributed by atoms with Gasteiger partial charge in [-0.25, -0.2) is 9.59 Å². The van der Waals surface area contributed by atoms with Crippen molar-refractivity contribution < 1.29 is 78.3 Å². The number of aliphatic hydroxyl groups excluding tert-OH is 4. The Morgan fingerprint density at radius 3 is 2.09 bits per heavy atom. The molecule has 3 aliphatic heterocycles. The van der Waals surface area contributed by atoms with E-state index in [1.54, 1.807) is 6.92 Å². The van der Waals surface area contributed by atoms with Crippen LogP contribution in [0, 0.1) is 5.92 Å². The first-order valence-electron chi connectivity index (χ1n) is 22.3. The molecular weight excluding hydrogens is 862 g/mol. The second kappa shape index (κ2) is 25.0. The summed E-state index contributed by atoms with van der Waals surface area (Å²) in [7, 11) is 3.90. The van der Waals surface area contributed by atoms with E-state index in [1.165, 1.54) is 31.8 Å². The number of carbonyl (C=O) groups is 5. The lowest BCUT2D eigenvalue weighted by Crippen LogP contribution is -2.59. The van der Waals surface area contributed by atoms with Gasteiger partial charge in [0.2, 0.25) is 5.91 Å². The number of amides is 1. The molecule has 0 bridgehead atoms. The molecule has 1 amide bonds. The molecule has 23 heteroatoms. The molecule has 3 saturated heterocycles. The molecule has 14 atom stereocenters. The van der Waals surface area contributed by atoms with E-state index in [-0.39, 0.29) is 19.3 Å². The van der Waals surface area contributed by atoms with Crippen molar-refractivity contribution in [3.05, 3.63) is 33.1 Å². The Morgan fingerprint density at radius 2 is 1.51 bits per heavy atom. The molecular formula is C42H67N5O18. The fourth-order valence-corrected chi connectivity index (χ4v) is 8.57. The number of aliphatic carboxylic acids is 2. The summed E-state index contributed by atoms with van der Waals surface area (Å²) in [4.78, 5) is 93.9. The zero-order valence-corrected chi connectivity index (χ0v) is 37.6. The SMILES string of the molecule is CCCCCCCCCCCC(CC(=O)OC1CN(C)C(C(OC2OC(NC)C(O)C2O)C2OC(n3ccc(=O)[nH]c3=O)C(O)C2O)C(=O)N(C)C1C(=O)O)OC(=O)CC(C)CC(=O)O. The predicted octanol–water partition coefficient (Wildman–Crippen LogP) is -0.974. The topological polar surface area (TPSA) is 326 Å². The van der Waals surface area contributed by atoms with Crippen molar-refractivity contribution in [2.45, 2.75) is 177 Å². The zero-order valence-electron chi connectivity index (χ0n) is 37.6. The lowest BCUT2D eigenvalue weighted by atomic mass is 9.97. The summed E-state index contributed by atoms with van der Waals surface area (Å²) in [6.07, 6.45) is -8.53. The smallest absolute Gasteiger partial charge is 0.330 e. The minimum Gasteiger partial charge on any atom is -0.481 e. The number of nitrogens with zero attached hydrogens (tertiary/aromatic N) is 3. The summed E-state index contributed by atoms with van der Waals surface area (Å²) in [5.41, 5.74) is -1.78. The molecule has 3 fully saturated rings. The number of aromatic amines is 1. The van der Waals surface area contributed by atoms with Crippen LogP contribution < -0.4 is 16.6 Å². The third kappa shape index (κ3) is 14.3. The molecule has 0 radical (unpaired) electrons. The Kier molecular flexibility index (Phi) is 20.5. The summed E-state index contributed by atoms with van der Waals surface area (Å²) in [6, 6.07) is -2.53. The number of aliphatic hydroxyl groups is 4. The standard InChI is InChI=1S/C42H67N5O18/c1-6-7-8-9-10-11-12-13-14-15-23(61-27(51)19-22(2)18-26(49)50)20-28(52)62-24-21-45(4)30(38(57)46(5)29(24)40(58)59)35(64-41-34(56)32(54)37(43-3)65-41)36-31(53)33(55)39(63-36)47-17-16-25(48)44-42(47)60/h16-17,22-24,29-37,39,41,43,53-56H,6-15,18-21H2,1-5H3,(H,49,50)(H,58,59)(H,44,48,60). The number of hydrogen-bond acceptors (Lipinski definition) is 18. The van der Waals surface area contributed by atoms with Gasteiger partial charge in [0.1, 0.15) is 61.1 Å². The second-order valence-electron chi connectivity index (χ2n) is 17.3. The minimum absolute atomic E-state index is 0.224. The second-order valence-corrected chi connectivity index (χ2v) is 17.3. The molecule has 8 N–H and O–H groups in total. The van der Waals surface area contributed by atoms with Gasteiger partial charge in [-0.15, -0.1) is 0 Å². The maximum Gasteiger partial charge on any atom is 0.330 e. The fourth-order valence-electron chi connectivity index (χ4n) is 8.57. The number of hydrogen-bond donors (Lipinski definition) is 8. The van der Waals surface area contributed by atoms with E-state index < -0.39 is 140 Å². The number of H-pyrrole nitrogens is 1. The van der Waals surface area contributed by atoms with Crippen molar-refractivity contribution in [3.8, 4) is 0 Å². The lowest BCUT2D eigenvalue weighted by Gasteiger charge is -2.38. The Hall–Kier alpha value is -4.33. The summed E-state index contributed by atoms with van der Waals surface area (Å²) in [5.74, 6) is -5.88. The van der Waals surface area contributed by atoms with Crippen LogP contribution in [0.15, 0.2) is 21.9 Å². The maximum atomic E-state index is 14.5. The number of carboxylic acid groups (broad SMARTS) is 2. The first-order valence-corrected chi connectivity index (χ1v) is 22.3. The number of nitrogens with one attached hydrogen (secondary N) is 2. The summed E-state index contributed by atoms with van der Waals surface area (Å²) in [5, 5.41) is 66.4. The monoisotopic (exact) mass is 929 g/mol. The average Bonchev–Trinajstić information content (AvgIpc) is 3.64. The van der Waals surface area contributed by atoms with Crippen LogP contribution in [0.2, 0.25) is 0 Å². The highest BCUT2D eigenvalue weighted by atomic mass is 16.7. The van der Waals surface area contributed by atoms with E-state index in [2.05, 4.69) is 12.2 Å². The molecule has 0 aromatic carbocycles. The largest absolute Gasteiger partial charge is 0.481 e. The van der Waals surface area contributed by atoms with Crippen molar-refractivity contribution in [1.29, 1.82) is 0 Å². The van der Waals surface area contributed by atoms with E-state index in [0.717, 1.165) is 67.3 Å². The Balaban J connectivity index is 1.59. The van der Waals surface area contributed by atoms with Gasteiger partial charge in [-0.3, -0.25) is 43.7 Å². The maximum absolute atomic E-state index is 14.5. The van der Waals surface area contributed by atoms with Crippen LogP contribution in [-0.4, -0.2) is 181 Å².